The SMILES string of the molecule is CCc1ccc(C(Br)C(C)(C)C)cc1CC. The van der Waals surface area contributed by atoms with Gasteiger partial charge in [-0.2, -0.15) is 0 Å². The zero-order valence-electron chi connectivity index (χ0n) is 11.1. The van der Waals surface area contributed by atoms with Gasteiger partial charge in [0.15, 0.2) is 0 Å². The molecule has 0 amide bonds. The van der Waals surface area contributed by atoms with Crippen LogP contribution in [0.25, 0.3) is 0 Å². The molecule has 0 radical (unpaired) electrons. The fourth-order valence-electron chi connectivity index (χ4n) is 1.98. The molecule has 0 fully saturated rings. The summed E-state index contributed by atoms with van der Waals surface area (Å²) in [4.78, 5) is 0.427. The van der Waals surface area contributed by atoms with E-state index in [9.17, 15) is 0 Å². The summed E-state index contributed by atoms with van der Waals surface area (Å²) in [5.41, 5.74) is 4.65. The molecule has 0 aromatic heterocycles. The fraction of sp³-hybridized carbons (Fsp3) is 0.600. The zero-order valence-corrected chi connectivity index (χ0v) is 12.7. The number of benzene rings is 1. The Labute approximate surface area is 109 Å². The van der Waals surface area contributed by atoms with Crippen molar-refractivity contribution in [3.05, 3.63) is 34.9 Å². The van der Waals surface area contributed by atoms with Crippen LogP contribution in [0.3, 0.4) is 0 Å². The Bertz CT molecular complexity index is 347. The van der Waals surface area contributed by atoms with Gasteiger partial charge in [-0.15, -0.1) is 0 Å². The Balaban J connectivity index is 3.08. The Morgan fingerprint density at radius 2 is 1.62 bits per heavy atom. The summed E-state index contributed by atoms with van der Waals surface area (Å²) in [7, 11) is 0. The molecule has 0 heterocycles. The molecule has 1 rings (SSSR count). The van der Waals surface area contributed by atoms with Gasteiger partial charge in [0.1, 0.15) is 0 Å². The third-order valence-electron chi connectivity index (χ3n) is 3.05. The van der Waals surface area contributed by atoms with Crippen LogP contribution in [0, 0.1) is 5.41 Å². The number of alkyl halides is 1. The van der Waals surface area contributed by atoms with Gasteiger partial charge < -0.3 is 0 Å². The molecule has 1 aromatic carbocycles. The second-order valence-corrected chi connectivity index (χ2v) is 6.38. The first-order chi connectivity index (χ1) is 7.40. The summed E-state index contributed by atoms with van der Waals surface area (Å²) in [5.74, 6) is 0. The summed E-state index contributed by atoms with van der Waals surface area (Å²) in [5, 5.41) is 0. The molecular weight excluding hydrogens is 260 g/mol. The summed E-state index contributed by atoms with van der Waals surface area (Å²) < 4.78 is 0. The van der Waals surface area contributed by atoms with Crippen LogP contribution in [-0.2, 0) is 12.8 Å². The van der Waals surface area contributed by atoms with E-state index in [0.29, 0.717) is 4.83 Å². The van der Waals surface area contributed by atoms with Crippen molar-refractivity contribution in [3.63, 3.8) is 0 Å². The van der Waals surface area contributed by atoms with E-state index in [1.54, 1.807) is 0 Å². The van der Waals surface area contributed by atoms with E-state index in [1.807, 2.05) is 0 Å². The fourth-order valence-corrected chi connectivity index (χ4v) is 2.26. The average Bonchev–Trinajstić information content (AvgIpc) is 2.25. The molecule has 0 aliphatic carbocycles. The van der Waals surface area contributed by atoms with Crippen LogP contribution in [0.1, 0.15) is 56.1 Å². The van der Waals surface area contributed by atoms with E-state index >= 15 is 0 Å². The minimum absolute atomic E-state index is 0.263. The van der Waals surface area contributed by atoms with E-state index in [4.69, 9.17) is 0 Å². The van der Waals surface area contributed by atoms with Crippen molar-refractivity contribution in [1.29, 1.82) is 0 Å². The molecule has 1 aromatic rings. The Kier molecular flexibility index (Phi) is 4.61. The maximum absolute atomic E-state index is 3.82. The van der Waals surface area contributed by atoms with Crippen molar-refractivity contribution < 1.29 is 0 Å². The summed E-state index contributed by atoms with van der Waals surface area (Å²) in [6, 6.07) is 6.92. The molecule has 0 aliphatic rings. The second-order valence-electron chi connectivity index (χ2n) is 5.46. The molecule has 16 heavy (non-hydrogen) atoms. The first-order valence-electron chi connectivity index (χ1n) is 6.15. The first kappa shape index (κ1) is 13.8. The zero-order chi connectivity index (χ0) is 12.3. The molecule has 0 saturated heterocycles. The second kappa shape index (κ2) is 5.35. The quantitative estimate of drug-likeness (QED) is 0.661. The van der Waals surface area contributed by atoms with Crippen LogP contribution in [0.2, 0.25) is 0 Å². The molecule has 0 N–H and O–H groups in total. The third kappa shape index (κ3) is 3.10. The maximum atomic E-state index is 3.82. The van der Waals surface area contributed by atoms with E-state index in [-0.39, 0.29) is 5.41 Å². The first-order valence-corrected chi connectivity index (χ1v) is 7.07. The van der Waals surface area contributed by atoms with Crippen molar-refractivity contribution >= 4 is 15.9 Å². The lowest BCUT2D eigenvalue weighted by Crippen LogP contribution is -2.13. The van der Waals surface area contributed by atoms with Crippen LogP contribution >= 0.6 is 15.9 Å². The van der Waals surface area contributed by atoms with Gasteiger partial charge in [-0.3, -0.25) is 0 Å². The number of hydrogen-bond donors (Lipinski definition) is 0. The number of hydrogen-bond acceptors (Lipinski definition) is 0. The van der Waals surface area contributed by atoms with Crippen LogP contribution in [0.5, 0.6) is 0 Å². The average molecular weight is 283 g/mol. The van der Waals surface area contributed by atoms with E-state index in [2.05, 4.69) is 68.7 Å². The van der Waals surface area contributed by atoms with Gasteiger partial charge in [0.05, 0.1) is 0 Å². The number of rotatable bonds is 3. The highest BCUT2D eigenvalue weighted by Gasteiger charge is 2.23. The Morgan fingerprint density at radius 1 is 1.06 bits per heavy atom. The molecule has 1 heteroatoms. The summed E-state index contributed by atoms with van der Waals surface area (Å²) in [6.07, 6.45) is 2.26. The van der Waals surface area contributed by atoms with Gasteiger partial charge in [-0.1, -0.05) is 68.7 Å². The maximum Gasteiger partial charge on any atom is 0.0443 e. The van der Waals surface area contributed by atoms with Gasteiger partial charge >= 0.3 is 0 Å². The topological polar surface area (TPSA) is 0 Å². The summed E-state index contributed by atoms with van der Waals surface area (Å²) in [6.45, 7) is 11.3. The lowest BCUT2D eigenvalue weighted by atomic mass is 9.86. The van der Waals surface area contributed by atoms with Crippen molar-refractivity contribution in [2.45, 2.75) is 52.3 Å². The van der Waals surface area contributed by atoms with Crippen molar-refractivity contribution in [1.82, 2.24) is 0 Å². The highest BCUT2D eigenvalue weighted by atomic mass is 79.9. The normalized spacial score (nSPS) is 13.9. The van der Waals surface area contributed by atoms with Crippen LogP contribution in [0.15, 0.2) is 18.2 Å². The molecule has 1 atom stereocenters. The molecule has 0 spiro atoms. The smallest absolute Gasteiger partial charge is 0.0443 e. The standard InChI is InChI=1S/C15H23Br/c1-6-11-8-9-13(10-12(11)7-2)14(16)15(3,4)5/h8-10,14H,6-7H2,1-5H3. The van der Waals surface area contributed by atoms with Gasteiger partial charge in [-0.05, 0) is 34.9 Å². The minimum atomic E-state index is 0.263. The van der Waals surface area contributed by atoms with Gasteiger partial charge in [0, 0.05) is 4.83 Å². The van der Waals surface area contributed by atoms with Gasteiger partial charge in [0.25, 0.3) is 0 Å². The molecule has 1 unspecified atom stereocenters. The highest BCUT2D eigenvalue weighted by molar-refractivity contribution is 9.09. The molecule has 0 aliphatic heterocycles. The molecule has 90 valence electrons. The predicted octanol–water partition coefficient (Wildman–Crippen LogP) is 5.29. The van der Waals surface area contributed by atoms with E-state index in [1.165, 1.54) is 16.7 Å². The largest absolute Gasteiger partial charge is 0.0833 e. The number of aryl methyl sites for hydroxylation is 2. The van der Waals surface area contributed by atoms with Crippen LogP contribution < -0.4 is 0 Å². The molecule has 0 bridgehead atoms. The van der Waals surface area contributed by atoms with Crippen molar-refractivity contribution in [3.8, 4) is 0 Å². The predicted molar refractivity (Wildman–Crippen MR) is 76.3 cm³/mol. The van der Waals surface area contributed by atoms with E-state index in [0.717, 1.165) is 12.8 Å². The third-order valence-corrected chi connectivity index (χ3v) is 4.95. The van der Waals surface area contributed by atoms with Gasteiger partial charge in [0.2, 0.25) is 0 Å². The lowest BCUT2D eigenvalue weighted by molar-refractivity contribution is 0.407. The van der Waals surface area contributed by atoms with Crippen molar-refractivity contribution in [2.24, 2.45) is 5.41 Å². The molecule has 0 saturated carbocycles. The Hall–Kier alpha value is -0.300. The lowest BCUT2D eigenvalue weighted by Gasteiger charge is -2.26. The molecule has 0 nitrogen and oxygen atoms in total. The monoisotopic (exact) mass is 282 g/mol. The summed E-state index contributed by atoms with van der Waals surface area (Å²) >= 11 is 3.82. The highest BCUT2D eigenvalue weighted by Crippen LogP contribution is 2.40. The van der Waals surface area contributed by atoms with Gasteiger partial charge in [-0.25, -0.2) is 0 Å². The minimum Gasteiger partial charge on any atom is -0.0833 e. The van der Waals surface area contributed by atoms with Crippen LogP contribution in [0.4, 0.5) is 0 Å². The number of halogens is 1. The van der Waals surface area contributed by atoms with Crippen LogP contribution in [-0.4, -0.2) is 0 Å². The van der Waals surface area contributed by atoms with E-state index < -0.39 is 0 Å². The molecular formula is C15H23Br. The Morgan fingerprint density at radius 3 is 2.06 bits per heavy atom. The van der Waals surface area contributed by atoms with Crippen molar-refractivity contribution in [2.75, 3.05) is 0 Å².